The molecule has 4 heterocycles. The number of quaternary nitrogens is 2. The topological polar surface area (TPSA) is 343 Å². The number of carboxylic acids is 2. The van der Waals surface area contributed by atoms with E-state index in [0.29, 0.717) is 0 Å². The second kappa shape index (κ2) is 20.5. The Kier molecular flexibility index (Phi) is 16.0. The summed E-state index contributed by atoms with van der Waals surface area (Å²) in [5.74, 6) is -3.41. The van der Waals surface area contributed by atoms with E-state index in [1.54, 1.807) is 93.5 Å². The van der Waals surface area contributed by atoms with Gasteiger partial charge in [-0.25, -0.2) is 26.4 Å². The fourth-order valence-electron chi connectivity index (χ4n) is 9.54. The Bertz CT molecular complexity index is 2920. The molecule has 24 heteroatoms. The molecule has 4 amide bonds. The summed E-state index contributed by atoms with van der Waals surface area (Å²) in [6, 6.07) is 19.5. The van der Waals surface area contributed by atoms with Crippen LogP contribution < -0.4 is 22.1 Å². The van der Waals surface area contributed by atoms with E-state index < -0.39 is 98.5 Å². The summed E-state index contributed by atoms with van der Waals surface area (Å²) < 4.78 is 70.6. The quantitative estimate of drug-likeness (QED) is 0.0981. The molecule has 74 heavy (non-hydrogen) atoms. The predicted octanol–water partition coefficient (Wildman–Crippen LogP) is 2.45. The Labute approximate surface area is 438 Å². The SMILES string of the molecule is CC(C)(C)c1ccc2c(S(=O)(=O)[O-])c(C(C)(C)C)ccc2c1S(=O)(=O)[O-].CC1(C)S[C@@H]2[C@H](NC(=O)[C@H]([NH3+])c3ccccc3)C(=O)N2[C@H]1C(=O)O.CC1(C)S[C@@H]2[C@H](NC(=O)[C@H]([NH3+])c3ccccc3)C(=O)N2[C@H]1C(=O)O. The Morgan fingerprint density at radius 2 is 0.878 bits per heavy atom. The molecule has 0 spiro atoms. The number of aliphatic carboxylic acids is 2. The van der Waals surface area contributed by atoms with Gasteiger partial charge in [-0.15, -0.1) is 23.5 Å². The van der Waals surface area contributed by atoms with E-state index in [1.807, 2.05) is 36.4 Å². The van der Waals surface area contributed by atoms with Crippen LogP contribution >= 0.6 is 23.5 Å². The van der Waals surface area contributed by atoms with Gasteiger partial charge in [0, 0.05) is 31.4 Å². The molecule has 400 valence electrons. The summed E-state index contributed by atoms with van der Waals surface area (Å²) in [6.07, 6.45) is 0. The summed E-state index contributed by atoms with van der Waals surface area (Å²) in [6.45, 7) is 17.7. The molecular weight excluding hydrogens is 1040 g/mol. The number of fused-ring (bicyclic) bond motifs is 3. The standard InChI is InChI=1S/C18H24O6S2.2C16H19N3O4S/c1-17(2,3)13-9-7-12-11(15(13)25(19,20)21)8-10-14(18(4,5)6)16(12)26(22,23)24;2*1-16(2)11(15(22)23)19-13(21)10(14(19)24-16)18-12(20)9(17)8-6-4-3-5-7-8/h7-10H,1-6H3,(H,19,20,21)(H,22,23,24);2*3-7,9-11,14H,17H2,1-2H3,(H,18,20)(H,22,23)/t;2*9-,10-,11+,14-/m.11/s1. The lowest BCUT2D eigenvalue weighted by Gasteiger charge is -2.43. The van der Waals surface area contributed by atoms with E-state index in [9.17, 15) is 64.9 Å². The molecular formula is C50H62N6O14S4. The van der Waals surface area contributed by atoms with Crippen molar-refractivity contribution in [3.8, 4) is 0 Å². The van der Waals surface area contributed by atoms with Crippen molar-refractivity contribution in [2.75, 3.05) is 0 Å². The van der Waals surface area contributed by atoms with E-state index >= 15 is 0 Å². The van der Waals surface area contributed by atoms with Crippen LogP contribution in [0.3, 0.4) is 0 Å². The summed E-state index contributed by atoms with van der Waals surface area (Å²) in [5.41, 5.74) is 8.48. The van der Waals surface area contributed by atoms with Crippen molar-refractivity contribution >= 4 is 90.1 Å². The van der Waals surface area contributed by atoms with Crippen LogP contribution in [0.15, 0.2) is 94.7 Å². The molecule has 4 aromatic rings. The zero-order valence-electron chi connectivity index (χ0n) is 42.4. The van der Waals surface area contributed by atoms with Crippen molar-refractivity contribution < 1.29 is 76.4 Å². The van der Waals surface area contributed by atoms with Crippen LogP contribution in [0.5, 0.6) is 0 Å². The summed E-state index contributed by atoms with van der Waals surface area (Å²) >= 11 is 2.81. The number of amides is 4. The number of hydrogen-bond acceptors (Lipinski definition) is 14. The van der Waals surface area contributed by atoms with Crippen LogP contribution in [-0.2, 0) is 59.8 Å². The van der Waals surface area contributed by atoms with Crippen molar-refractivity contribution in [2.24, 2.45) is 0 Å². The molecule has 8 atom stereocenters. The fourth-order valence-corrected chi connectivity index (χ4v) is 15.0. The number of carbonyl (C=O) groups is 6. The van der Waals surface area contributed by atoms with Gasteiger partial charge in [0.2, 0.25) is 11.8 Å². The first-order chi connectivity index (χ1) is 33.9. The van der Waals surface area contributed by atoms with Gasteiger partial charge in [0.1, 0.15) is 55.2 Å². The first-order valence-corrected chi connectivity index (χ1v) is 27.9. The second-order valence-electron chi connectivity index (χ2n) is 21.5. The Hall–Kier alpha value is -5.60. The third-order valence-corrected chi connectivity index (χ3v) is 18.2. The molecule has 4 saturated heterocycles. The van der Waals surface area contributed by atoms with Crippen molar-refractivity contribution in [1.29, 1.82) is 0 Å². The van der Waals surface area contributed by atoms with Crippen molar-refractivity contribution in [3.63, 3.8) is 0 Å². The largest absolute Gasteiger partial charge is 0.744 e. The highest BCUT2D eigenvalue weighted by atomic mass is 32.2. The van der Waals surface area contributed by atoms with Gasteiger partial charge in [-0.3, -0.25) is 19.2 Å². The van der Waals surface area contributed by atoms with Gasteiger partial charge >= 0.3 is 11.9 Å². The number of carbonyl (C=O) groups excluding carboxylic acids is 4. The zero-order chi connectivity index (χ0) is 55.6. The highest BCUT2D eigenvalue weighted by Crippen LogP contribution is 2.52. The number of nitrogens with one attached hydrogen (secondary N) is 2. The normalized spacial score (nSPS) is 23.5. The minimum atomic E-state index is -4.90. The molecule has 8 rings (SSSR count). The smallest absolute Gasteiger partial charge is 0.327 e. The first kappa shape index (κ1) is 57.7. The maximum atomic E-state index is 12.4. The van der Waals surface area contributed by atoms with Crippen LogP contribution in [0.25, 0.3) is 10.8 Å². The number of nitrogens with zero attached hydrogens (tertiary/aromatic N) is 2. The van der Waals surface area contributed by atoms with E-state index in [-0.39, 0.29) is 56.3 Å². The average molecular weight is 1100 g/mol. The summed E-state index contributed by atoms with van der Waals surface area (Å²) in [5, 5.41) is 23.4. The number of benzene rings is 4. The van der Waals surface area contributed by atoms with E-state index in [1.165, 1.54) is 57.6 Å². The third-order valence-electron chi connectivity index (χ3n) is 13.2. The molecule has 10 N–H and O–H groups in total. The van der Waals surface area contributed by atoms with Crippen LogP contribution in [0, 0.1) is 0 Å². The van der Waals surface area contributed by atoms with Crippen LogP contribution in [0.2, 0.25) is 0 Å². The zero-order valence-corrected chi connectivity index (χ0v) is 45.7. The number of rotatable bonds is 10. The van der Waals surface area contributed by atoms with Crippen molar-refractivity contribution in [3.05, 3.63) is 107 Å². The molecule has 0 bridgehead atoms. The molecule has 0 saturated carbocycles. The molecule has 0 aromatic heterocycles. The second-order valence-corrected chi connectivity index (χ2v) is 27.7. The maximum Gasteiger partial charge on any atom is 0.327 e. The van der Waals surface area contributed by atoms with Crippen LogP contribution in [0.4, 0.5) is 0 Å². The molecule has 20 nitrogen and oxygen atoms in total. The minimum absolute atomic E-state index is 0.0464. The molecule has 4 aromatic carbocycles. The highest BCUT2D eigenvalue weighted by Gasteiger charge is 2.65. The lowest BCUT2D eigenvalue weighted by atomic mass is 9.83. The van der Waals surface area contributed by atoms with Gasteiger partial charge in [-0.2, -0.15) is 0 Å². The van der Waals surface area contributed by atoms with Crippen molar-refractivity contribution in [2.45, 2.75) is 146 Å². The Balaban J connectivity index is 0.000000181. The summed E-state index contributed by atoms with van der Waals surface area (Å²) in [7, 11) is -9.80. The van der Waals surface area contributed by atoms with Gasteiger partial charge in [0.25, 0.3) is 11.8 Å². The highest BCUT2D eigenvalue weighted by molar-refractivity contribution is 8.02. The Morgan fingerprint density at radius 3 is 1.14 bits per heavy atom. The van der Waals surface area contributed by atoms with Gasteiger partial charge in [-0.05, 0) is 49.7 Å². The van der Waals surface area contributed by atoms with Crippen LogP contribution in [-0.4, -0.2) is 126 Å². The fraction of sp³-hybridized carbons (Fsp3) is 0.440. The monoisotopic (exact) mass is 1100 g/mol. The third kappa shape index (κ3) is 11.3. The Morgan fingerprint density at radius 1 is 0.581 bits per heavy atom. The summed E-state index contributed by atoms with van der Waals surface area (Å²) in [4.78, 5) is 74.2. The molecule has 0 unspecified atom stereocenters. The average Bonchev–Trinajstić information content (AvgIpc) is 3.72. The molecule has 0 radical (unpaired) electrons. The maximum absolute atomic E-state index is 12.4. The van der Waals surface area contributed by atoms with E-state index in [4.69, 9.17) is 0 Å². The number of carboxylic acid groups (broad SMARTS) is 2. The van der Waals surface area contributed by atoms with Gasteiger partial charge < -0.3 is 51.2 Å². The van der Waals surface area contributed by atoms with Crippen LogP contribution in [0.1, 0.15) is 104 Å². The van der Waals surface area contributed by atoms with Crippen molar-refractivity contribution in [1.82, 2.24) is 20.4 Å². The molecule has 4 aliphatic heterocycles. The molecule has 0 aliphatic carbocycles. The number of hydrogen-bond donors (Lipinski definition) is 6. The van der Waals surface area contributed by atoms with E-state index in [0.717, 1.165) is 11.1 Å². The predicted molar refractivity (Wildman–Crippen MR) is 273 cm³/mol. The minimum Gasteiger partial charge on any atom is -0.744 e. The van der Waals surface area contributed by atoms with Gasteiger partial charge in [0.05, 0.1) is 9.79 Å². The van der Waals surface area contributed by atoms with Gasteiger partial charge in [-0.1, -0.05) is 126 Å². The first-order valence-electron chi connectivity index (χ1n) is 23.3. The molecule has 4 fully saturated rings. The number of β-lactam (4-membered cyclic amide) rings is 2. The van der Waals surface area contributed by atoms with E-state index in [2.05, 4.69) is 22.1 Å². The lowest BCUT2D eigenvalue weighted by molar-refractivity contribution is -0.410. The lowest BCUT2D eigenvalue weighted by Crippen LogP contribution is -2.72. The number of thioether (sulfide) groups is 2. The molecule has 4 aliphatic rings. The van der Waals surface area contributed by atoms with Gasteiger partial charge in [0.15, 0.2) is 12.1 Å².